The lowest BCUT2D eigenvalue weighted by Crippen LogP contribution is -2.38. The number of hydrogen-bond donors (Lipinski definition) is 0. The first-order valence-electron chi connectivity index (χ1n) is 9.29. The summed E-state index contributed by atoms with van der Waals surface area (Å²) in [6.45, 7) is 2.48. The molecule has 1 unspecified atom stereocenters. The summed E-state index contributed by atoms with van der Waals surface area (Å²) < 4.78 is 22.5. The molecule has 3 aromatic rings. The predicted octanol–water partition coefficient (Wildman–Crippen LogP) is 3.94. The number of unbranched alkanes of at least 4 members (excludes halogenated alkanes) is 1. The van der Waals surface area contributed by atoms with Crippen molar-refractivity contribution < 1.29 is 23.4 Å². The van der Waals surface area contributed by atoms with Gasteiger partial charge in [-0.05, 0) is 36.8 Å². The van der Waals surface area contributed by atoms with Crippen molar-refractivity contribution >= 4 is 16.9 Å². The first kappa shape index (κ1) is 18.1. The molecule has 0 saturated carbocycles. The average molecular weight is 380 g/mol. The topological polar surface area (TPSA) is 75.0 Å². The van der Waals surface area contributed by atoms with E-state index in [9.17, 15) is 9.59 Å². The fourth-order valence-electron chi connectivity index (χ4n) is 3.00. The van der Waals surface area contributed by atoms with Crippen LogP contribution in [0.5, 0.6) is 11.5 Å². The van der Waals surface area contributed by atoms with Gasteiger partial charge in [0.15, 0.2) is 16.9 Å². The fourth-order valence-corrected chi connectivity index (χ4v) is 3.00. The summed E-state index contributed by atoms with van der Waals surface area (Å²) in [5.74, 6) is 0.960. The van der Waals surface area contributed by atoms with Gasteiger partial charge in [0.05, 0.1) is 12.0 Å². The van der Waals surface area contributed by atoms with Crippen LogP contribution in [-0.4, -0.2) is 25.3 Å². The van der Waals surface area contributed by atoms with E-state index in [4.69, 9.17) is 18.6 Å². The summed E-state index contributed by atoms with van der Waals surface area (Å²) in [6.07, 6.45) is 0.982. The number of esters is 1. The molecule has 0 bridgehead atoms. The lowest BCUT2D eigenvalue weighted by molar-refractivity contribution is -0.154. The van der Waals surface area contributed by atoms with Crippen LogP contribution >= 0.6 is 0 Å². The molecule has 0 amide bonds. The zero-order valence-electron chi connectivity index (χ0n) is 15.5. The fraction of sp³-hybridized carbons (Fsp3) is 0.273. The molecule has 1 atom stereocenters. The molecule has 28 heavy (non-hydrogen) atoms. The van der Waals surface area contributed by atoms with Crippen molar-refractivity contribution in [1.82, 2.24) is 0 Å². The predicted molar refractivity (Wildman–Crippen MR) is 104 cm³/mol. The van der Waals surface area contributed by atoms with Gasteiger partial charge in [0, 0.05) is 11.6 Å². The van der Waals surface area contributed by atoms with Crippen LogP contribution in [0.3, 0.4) is 0 Å². The van der Waals surface area contributed by atoms with Crippen molar-refractivity contribution in [3.8, 4) is 22.8 Å². The highest BCUT2D eigenvalue weighted by Gasteiger charge is 2.29. The summed E-state index contributed by atoms with van der Waals surface area (Å²) in [4.78, 5) is 24.4. The molecule has 1 aromatic heterocycles. The number of carbonyl (C=O) groups excluding carboxylic acids is 1. The second-order valence-electron chi connectivity index (χ2n) is 6.57. The van der Waals surface area contributed by atoms with Gasteiger partial charge < -0.3 is 18.6 Å². The lowest BCUT2D eigenvalue weighted by atomic mass is 10.1. The summed E-state index contributed by atoms with van der Waals surface area (Å²) in [7, 11) is 0. The lowest BCUT2D eigenvalue weighted by Gasteiger charge is -2.25. The Labute approximate surface area is 161 Å². The molecular weight excluding hydrogens is 360 g/mol. The summed E-state index contributed by atoms with van der Waals surface area (Å²) >= 11 is 0. The van der Waals surface area contributed by atoms with Crippen molar-refractivity contribution in [3.63, 3.8) is 0 Å². The smallest absolute Gasteiger partial charge is 0.350 e. The van der Waals surface area contributed by atoms with E-state index in [1.807, 2.05) is 13.0 Å². The van der Waals surface area contributed by atoms with Gasteiger partial charge >= 0.3 is 5.97 Å². The highest BCUT2D eigenvalue weighted by molar-refractivity contribution is 5.79. The highest BCUT2D eigenvalue weighted by Crippen LogP contribution is 2.36. The first-order chi connectivity index (χ1) is 13.7. The zero-order valence-corrected chi connectivity index (χ0v) is 15.5. The molecule has 6 heteroatoms. The molecule has 0 fully saturated rings. The SMILES string of the molecule is CCCCOC(=O)C1COc2cc(-c3cc(=O)c4ccccc4o3)ccc2O1. The Bertz CT molecular complexity index is 1070. The molecule has 0 N–H and O–H groups in total. The van der Waals surface area contributed by atoms with Crippen molar-refractivity contribution in [2.45, 2.75) is 25.9 Å². The van der Waals surface area contributed by atoms with E-state index in [1.54, 1.807) is 36.4 Å². The maximum atomic E-state index is 12.3. The van der Waals surface area contributed by atoms with Gasteiger partial charge in [0.25, 0.3) is 0 Å². The molecule has 144 valence electrons. The molecule has 0 spiro atoms. The van der Waals surface area contributed by atoms with Crippen LogP contribution in [0, 0.1) is 0 Å². The molecule has 0 radical (unpaired) electrons. The molecule has 2 heterocycles. The van der Waals surface area contributed by atoms with Crippen LogP contribution in [0.15, 0.2) is 57.7 Å². The van der Waals surface area contributed by atoms with Crippen molar-refractivity contribution in [2.24, 2.45) is 0 Å². The number of para-hydroxylation sites is 1. The van der Waals surface area contributed by atoms with Gasteiger partial charge in [-0.2, -0.15) is 0 Å². The minimum Gasteiger partial charge on any atom is -0.485 e. The zero-order chi connectivity index (χ0) is 19.5. The molecule has 1 aliphatic heterocycles. The average Bonchev–Trinajstić information content (AvgIpc) is 2.73. The number of ether oxygens (including phenoxy) is 3. The van der Waals surface area contributed by atoms with Gasteiger partial charge in [0.2, 0.25) is 6.10 Å². The minimum atomic E-state index is -0.784. The van der Waals surface area contributed by atoms with Crippen LogP contribution in [0.25, 0.3) is 22.3 Å². The Morgan fingerprint density at radius 1 is 1.14 bits per heavy atom. The summed E-state index contributed by atoms with van der Waals surface area (Å²) in [5, 5.41) is 0.535. The second-order valence-corrected chi connectivity index (χ2v) is 6.57. The van der Waals surface area contributed by atoms with E-state index in [0.717, 1.165) is 12.8 Å². The molecule has 1 aliphatic rings. The quantitative estimate of drug-likeness (QED) is 0.493. The molecule has 4 rings (SSSR count). The van der Waals surface area contributed by atoms with Gasteiger partial charge in [-0.25, -0.2) is 4.79 Å². The van der Waals surface area contributed by atoms with Gasteiger partial charge in [-0.3, -0.25) is 4.79 Å². The van der Waals surface area contributed by atoms with Crippen LogP contribution in [0.4, 0.5) is 0 Å². The second kappa shape index (κ2) is 7.76. The minimum absolute atomic E-state index is 0.0725. The number of fused-ring (bicyclic) bond motifs is 2. The van der Waals surface area contributed by atoms with Crippen molar-refractivity contribution in [1.29, 1.82) is 0 Å². The van der Waals surface area contributed by atoms with E-state index >= 15 is 0 Å². The van der Waals surface area contributed by atoms with E-state index < -0.39 is 12.1 Å². The van der Waals surface area contributed by atoms with Gasteiger partial charge in [0.1, 0.15) is 18.0 Å². The van der Waals surface area contributed by atoms with Crippen LogP contribution in [-0.2, 0) is 9.53 Å². The first-order valence-corrected chi connectivity index (χ1v) is 9.29. The van der Waals surface area contributed by atoms with Crippen LogP contribution < -0.4 is 14.9 Å². The Morgan fingerprint density at radius 3 is 2.86 bits per heavy atom. The Morgan fingerprint density at radius 2 is 2.00 bits per heavy atom. The largest absolute Gasteiger partial charge is 0.485 e. The third-order valence-corrected chi connectivity index (χ3v) is 4.53. The van der Waals surface area contributed by atoms with Crippen LogP contribution in [0.2, 0.25) is 0 Å². The highest BCUT2D eigenvalue weighted by atomic mass is 16.6. The van der Waals surface area contributed by atoms with Crippen molar-refractivity contribution in [2.75, 3.05) is 13.2 Å². The van der Waals surface area contributed by atoms with Crippen LogP contribution in [0.1, 0.15) is 19.8 Å². The summed E-state index contributed by atoms with van der Waals surface area (Å²) in [5.41, 5.74) is 1.10. The molecular formula is C22H20O6. The van der Waals surface area contributed by atoms with E-state index in [-0.39, 0.29) is 12.0 Å². The van der Waals surface area contributed by atoms with Crippen molar-refractivity contribution in [3.05, 3.63) is 58.8 Å². The maximum Gasteiger partial charge on any atom is 0.350 e. The van der Waals surface area contributed by atoms with E-state index in [1.165, 1.54) is 6.07 Å². The third kappa shape index (κ3) is 3.58. The Kier molecular flexibility index (Phi) is 5.02. The monoisotopic (exact) mass is 380 g/mol. The number of carbonyl (C=O) groups is 1. The number of rotatable bonds is 5. The normalized spacial score (nSPS) is 15.4. The number of hydrogen-bond acceptors (Lipinski definition) is 6. The molecule has 0 aliphatic carbocycles. The Balaban J connectivity index is 1.56. The molecule has 6 nitrogen and oxygen atoms in total. The molecule has 2 aromatic carbocycles. The summed E-state index contributed by atoms with van der Waals surface area (Å²) in [6, 6.07) is 13.8. The van der Waals surface area contributed by atoms with Gasteiger partial charge in [-0.15, -0.1) is 0 Å². The molecule has 0 saturated heterocycles. The Hall–Kier alpha value is -3.28. The third-order valence-electron chi connectivity index (χ3n) is 4.53. The number of benzene rings is 2. The maximum absolute atomic E-state index is 12.3. The van der Waals surface area contributed by atoms with E-state index in [2.05, 4.69) is 0 Å². The standard InChI is InChI=1S/C22H20O6/c1-2-3-10-25-22(24)21-13-26-20-11-14(8-9-18(20)28-21)19-12-16(23)15-6-4-5-7-17(15)27-19/h4-9,11-12,21H,2-3,10,13H2,1H3. The van der Waals surface area contributed by atoms with Gasteiger partial charge in [-0.1, -0.05) is 25.5 Å². The van der Waals surface area contributed by atoms with E-state index in [0.29, 0.717) is 40.4 Å².